The van der Waals surface area contributed by atoms with E-state index < -0.39 is 0 Å². The summed E-state index contributed by atoms with van der Waals surface area (Å²) in [6, 6.07) is 10.1. The van der Waals surface area contributed by atoms with Crippen LogP contribution in [0.2, 0.25) is 5.02 Å². The molecular formula is C15H14ClN2. The van der Waals surface area contributed by atoms with E-state index in [0.29, 0.717) is 10.6 Å². The summed E-state index contributed by atoms with van der Waals surface area (Å²) in [7, 11) is 0. The lowest BCUT2D eigenvalue weighted by Crippen LogP contribution is -2.00. The van der Waals surface area contributed by atoms with Crippen molar-refractivity contribution in [2.24, 2.45) is 0 Å². The molecule has 0 aliphatic carbocycles. The topological polar surface area (TPSA) is 28.7 Å². The van der Waals surface area contributed by atoms with Crippen molar-refractivity contribution >= 4 is 11.6 Å². The Kier molecular flexibility index (Phi) is 3.74. The second-order valence-corrected chi connectivity index (χ2v) is 4.61. The third-order valence-electron chi connectivity index (χ3n) is 3.08. The molecule has 1 unspecified atom stereocenters. The lowest BCUT2D eigenvalue weighted by molar-refractivity contribution is 0.624. The van der Waals surface area contributed by atoms with Crippen LogP contribution in [0.4, 0.5) is 0 Å². The van der Waals surface area contributed by atoms with Crippen molar-refractivity contribution in [2.45, 2.75) is 19.9 Å². The molecule has 0 spiro atoms. The summed E-state index contributed by atoms with van der Waals surface area (Å²) < 4.78 is 2.03. The first kappa shape index (κ1) is 12.7. The van der Waals surface area contributed by atoms with Crippen LogP contribution in [0, 0.1) is 17.8 Å². The Morgan fingerprint density at radius 1 is 1.28 bits per heavy atom. The quantitative estimate of drug-likeness (QED) is 0.798. The molecule has 2 rings (SSSR count). The summed E-state index contributed by atoms with van der Waals surface area (Å²) >= 11 is 6.18. The summed E-state index contributed by atoms with van der Waals surface area (Å²) in [6.07, 6.45) is 5.92. The lowest BCUT2D eigenvalue weighted by Gasteiger charge is -2.09. The van der Waals surface area contributed by atoms with E-state index >= 15 is 0 Å². The van der Waals surface area contributed by atoms with Gasteiger partial charge in [0.1, 0.15) is 6.07 Å². The van der Waals surface area contributed by atoms with Crippen LogP contribution in [0.15, 0.2) is 36.7 Å². The van der Waals surface area contributed by atoms with Crippen LogP contribution < -0.4 is 0 Å². The van der Waals surface area contributed by atoms with E-state index in [-0.39, 0.29) is 6.04 Å². The van der Waals surface area contributed by atoms with E-state index in [0.717, 1.165) is 11.1 Å². The molecule has 0 N–H and O–H groups in total. The van der Waals surface area contributed by atoms with Crippen molar-refractivity contribution in [1.29, 1.82) is 5.26 Å². The van der Waals surface area contributed by atoms with Crippen LogP contribution in [-0.4, -0.2) is 4.57 Å². The molecule has 0 aliphatic rings. The van der Waals surface area contributed by atoms with Crippen molar-refractivity contribution in [1.82, 2.24) is 4.57 Å². The fourth-order valence-electron chi connectivity index (χ4n) is 1.87. The molecule has 0 amide bonds. The van der Waals surface area contributed by atoms with Gasteiger partial charge in [-0.25, -0.2) is 0 Å². The van der Waals surface area contributed by atoms with Gasteiger partial charge < -0.3 is 4.57 Å². The third-order valence-corrected chi connectivity index (χ3v) is 3.41. The van der Waals surface area contributed by atoms with Gasteiger partial charge in [-0.2, -0.15) is 5.26 Å². The van der Waals surface area contributed by atoms with Crippen LogP contribution in [0.1, 0.15) is 25.5 Å². The maximum absolute atomic E-state index is 9.22. The molecule has 0 saturated heterocycles. The molecule has 1 aromatic carbocycles. The van der Waals surface area contributed by atoms with Gasteiger partial charge in [-0.15, -0.1) is 0 Å². The van der Waals surface area contributed by atoms with Crippen molar-refractivity contribution in [3.63, 3.8) is 0 Å². The molecule has 2 aromatic rings. The van der Waals surface area contributed by atoms with E-state index in [1.54, 1.807) is 0 Å². The molecule has 0 fully saturated rings. The molecule has 0 bridgehead atoms. The Balaban J connectivity index is 2.55. The number of rotatable bonds is 3. The molecule has 1 aromatic heterocycles. The standard InChI is InChI=1S/C15H14ClN2/c1-3-11(2)18-9-12(8-17)14(10-18)13-6-4-5-7-15(13)16/h3-7,9-11H,1-2H3. The van der Waals surface area contributed by atoms with Crippen LogP contribution in [0.25, 0.3) is 11.1 Å². The summed E-state index contributed by atoms with van der Waals surface area (Å²) in [5, 5.41) is 9.89. The fraction of sp³-hybridized carbons (Fsp3) is 0.200. The fourth-order valence-corrected chi connectivity index (χ4v) is 2.10. The Bertz CT molecular complexity index is 593. The number of nitriles is 1. The smallest absolute Gasteiger partial charge is 0.101 e. The minimum Gasteiger partial charge on any atom is -0.349 e. The first-order valence-corrected chi connectivity index (χ1v) is 6.21. The number of hydrogen-bond acceptors (Lipinski definition) is 1. The zero-order valence-electron chi connectivity index (χ0n) is 10.4. The number of aromatic nitrogens is 1. The highest BCUT2D eigenvalue weighted by Crippen LogP contribution is 2.31. The van der Waals surface area contributed by atoms with Gasteiger partial charge in [-0.1, -0.05) is 36.7 Å². The Morgan fingerprint density at radius 2 is 2.00 bits per heavy atom. The summed E-state index contributed by atoms with van der Waals surface area (Å²) in [5.74, 6) is 0. The Morgan fingerprint density at radius 3 is 2.61 bits per heavy atom. The minimum absolute atomic E-state index is 0.258. The maximum Gasteiger partial charge on any atom is 0.101 e. The van der Waals surface area contributed by atoms with Crippen molar-refractivity contribution in [3.05, 3.63) is 53.7 Å². The van der Waals surface area contributed by atoms with Crippen molar-refractivity contribution in [3.8, 4) is 17.2 Å². The van der Waals surface area contributed by atoms with E-state index in [1.165, 1.54) is 0 Å². The third kappa shape index (κ3) is 2.27. The average Bonchev–Trinajstić information content (AvgIpc) is 2.82. The van der Waals surface area contributed by atoms with Gasteiger partial charge in [0.05, 0.1) is 5.56 Å². The monoisotopic (exact) mass is 257 g/mol. The van der Waals surface area contributed by atoms with Gasteiger partial charge >= 0.3 is 0 Å². The number of benzene rings is 1. The van der Waals surface area contributed by atoms with Gasteiger partial charge in [0.2, 0.25) is 0 Å². The van der Waals surface area contributed by atoms with Crippen LogP contribution in [-0.2, 0) is 0 Å². The lowest BCUT2D eigenvalue weighted by atomic mass is 10.1. The van der Waals surface area contributed by atoms with Crippen LogP contribution in [0.3, 0.4) is 0 Å². The molecule has 91 valence electrons. The van der Waals surface area contributed by atoms with Crippen molar-refractivity contribution < 1.29 is 0 Å². The molecule has 0 aliphatic heterocycles. The predicted molar refractivity (Wildman–Crippen MR) is 74.3 cm³/mol. The number of halogens is 1. The maximum atomic E-state index is 9.22. The van der Waals surface area contributed by atoms with Crippen LogP contribution >= 0.6 is 11.6 Å². The Hall–Kier alpha value is -1.72. The summed E-state index contributed by atoms with van der Waals surface area (Å²) in [6.45, 7) is 4.09. The van der Waals surface area contributed by atoms with Crippen LogP contribution in [0.5, 0.6) is 0 Å². The van der Waals surface area contributed by atoms with E-state index in [4.69, 9.17) is 11.6 Å². The SMILES string of the molecule is C[CH]C(C)n1cc(C#N)c(-c2ccccc2Cl)c1. The predicted octanol–water partition coefficient (Wildman–Crippen LogP) is 4.47. The summed E-state index contributed by atoms with van der Waals surface area (Å²) in [5.41, 5.74) is 2.44. The minimum atomic E-state index is 0.258. The zero-order chi connectivity index (χ0) is 13.1. The van der Waals surface area contributed by atoms with E-state index in [2.05, 4.69) is 19.4 Å². The van der Waals surface area contributed by atoms with Gasteiger partial charge in [-0.05, 0) is 19.4 Å². The second kappa shape index (κ2) is 5.29. The van der Waals surface area contributed by atoms with Crippen molar-refractivity contribution in [2.75, 3.05) is 0 Å². The molecule has 1 heterocycles. The molecule has 3 heteroatoms. The zero-order valence-corrected chi connectivity index (χ0v) is 11.1. The number of hydrogen-bond donors (Lipinski definition) is 0. The second-order valence-electron chi connectivity index (χ2n) is 4.20. The average molecular weight is 258 g/mol. The molecule has 1 radical (unpaired) electrons. The highest BCUT2D eigenvalue weighted by Gasteiger charge is 2.13. The largest absolute Gasteiger partial charge is 0.349 e. The van der Waals surface area contributed by atoms with Gasteiger partial charge in [-0.3, -0.25) is 0 Å². The number of nitrogens with zero attached hydrogens (tertiary/aromatic N) is 2. The van der Waals surface area contributed by atoms with Gasteiger partial charge in [0.15, 0.2) is 0 Å². The first-order valence-electron chi connectivity index (χ1n) is 5.83. The first-order chi connectivity index (χ1) is 8.67. The molecular weight excluding hydrogens is 244 g/mol. The molecule has 1 atom stereocenters. The van der Waals surface area contributed by atoms with Gasteiger partial charge in [0.25, 0.3) is 0 Å². The Labute approximate surface area is 112 Å². The normalized spacial score (nSPS) is 12.1. The molecule has 18 heavy (non-hydrogen) atoms. The van der Waals surface area contributed by atoms with E-state index in [1.807, 2.05) is 48.1 Å². The highest BCUT2D eigenvalue weighted by atomic mass is 35.5. The van der Waals surface area contributed by atoms with Gasteiger partial charge in [0, 0.05) is 34.6 Å². The summed E-state index contributed by atoms with van der Waals surface area (Å²) in [4.78, 5) is 0. The van der Waals surface area contributed by atoms with E-state index in [9.17, 15) is 5.26 Å². The highest BCUT2D eigenvalue weighted by molar-refractivity contribution is 6.33. The molecule has 2 nitrogen and oxygen atoms in total. The molecule has 0 saturated carbocycles.